The second-order valence-electron chi connectivity index (χ2n) is 7.49. The molecule has 3 aromatic heterocycles. The molecule has 5 rings (SSSR count). The third kappa shape index (κ3) is 5.24. The van der Waals surface area contributed by atoms with Gasteiger partial charge in [-0.15, -0.1) is 0 Å². The quantitative estimate of drug-likeness (QED) is 0.294. The first-order chi connectivity index (χ1) is 16.7. The van der Waals surface area contributed by atoms with E-state index in [9.17, 15) is 4.79 Å². The molecule has 0 aliphatic carbocycles. The molecule has 0 unspecified atom stereocenters. The maximum Gasteiger partial charge on any atom is 0.256 e. The number of hydrogen-bond acceptors (Lipinski definition) is 6. The molecule has 0 bridgehead atoms. The average Bonchev–Trinajstić information content (AvgIpc) is 3.31. The van der Waals surface area contributed by atoms with Crippen molar-refractivity contribution in [2.75, 3.05) is 5.32 Å². The number of H-pyrrole nitrogens is 1. The Bertz CT molecular complexity index is 1370. The van der Waals surface area contributed by atoms with Gasteiger partial charge in [-0.1, -0.05) is 36.0 Å². The molecule has 0 saturated heterocycles. The number of pyridine rings is 2. The number of aromatic nitrogens is 4. The lowest BCUT2D eigenvalue weighted by atomic mass is 10.1. The average molecular weight is 468 g/mol. The molecule has 34 heavy (non-hydrogen) atoms. The van der Waals surface area contributed by atoms with Crippen molar-refractivity contribution in [3.8, 4) is 5.75 Å². The van der Waals surface area contributed by atoms with Crippen LogP contribution in [0.15, 0.2) is 96.5 Å². The number of rotatable bonds is 8. The van der Waals surface area contributed by atoms with Crippen molar-refractivity contribution in [3.05, 3.63) is 108 Å². The number of aromatic amines is 1. The van der Waals surface area contributed by atoms with Gasteiger partial charge in [0.1, 0.15) is 6.61 Å². The van der Waals surface area contributed by atoms with E-state index in [1.807, 2.05) is 60.7 Å². The first-order valence-corrected chi connectivity index (χ1v) is 11.7. The summed E-state index contributed by atoms with van der Waals surface area (Å²) < 4.78 is 5.86. The zero-order chi connectivity index (χ0) is 23.2. The van der Waals surface area contributed by atoms with Gasteiger partial charge in [-0.05, 0) is 59.7 Å². The molecule has 2 N–H and O–H groups in total. The van der Waals surface area contributed by atoms with Crippen molar-refractivity contribution >= 4 is 34.5 Å². The van der Waals surface area contributed by atoms with E-state index in [1.165, 1.54) is 0 Å². The van der Waals surface area contributed by atoms with Gasteiger partial charge in [0.2, 0.25) is 0 Å². The lowest BCUT2D eigenvalue weighted by Crippen LogP contribution is -2.14. The van der Waals surface area contributed by atoms with Crippen LogP contribution >= 0.6 is 11.8 Å². The normalized spacial score (nSPS) is 10.8. The maximum atomic E-state index is 12.8. The third-order valence-corrected chi connectivity index (χ3v) is 6.05. The van der Waals surface area contributed by atoms with E-state index >= 15 is 0 Å². The largest absolute Gasteiger partial charge is 0.485 e. The van der Waals surface area contributed by atoms with Gasteiger partial charge in [0.05, 0.1) is 11.0 Å². The van der Waals surface area contributed by atoms with E-state index in [0.29, 0.717) is 23.7 Å². The number of carbonyl (C=O) groups excluding carboxylic acids is 1. The molecule has 0 atom stereocenters. The number of thioether (sulfide) groups is 1. The van der Waals surface area contributed by atoms with Crippen molar-refractivity contribution in [2.45, 2.75) is 17.5 Å². The number of nitrogens with one attached hydrogen (secondary N) is 2. The highest BCUT2D eigenvalue weighted by atomic mass is 32.2. The lowest BCUT2D eigenvalue weighted by Gasteiger charge is -2.11. The van der Waals surface area contributed by atoms with Crippen LogP contribution in [-0.2, 0) is 12.4 Å². The summed E-state index contributed by atoms with van der Waals surface area (Å²) in [6.45, 7) is 0.356. The molecule has 0 saturated carbocycles. The summed E-state index contributed by atoms with van der Waals surface area (Å²) in [5.74, 6) is 1.39. The Kier molecular flexibility index (Phi) is 6.49. The van der Waals surface area contributed by atoms with E-state index in [0.717, 1.165) is 33.1 Å². The second kappa shape index (κ2) is 10.2. The van der Waals surface area contributed by atoms with Crippen LogP contribution in [0.1, 0.15) is 21.5 Å². The molecule has 168 valence electrons. The fraction of sp³-hybridized carbons (Fsp3) is 0.0769. The first-order valence-electron chi connectivity index (χ1n) is 10.7. The van der Waals surface area contributed by atoms with Crippen LogP contribution in [0.2, 0.25) is 0 Å². The Labute approximate surface area is 200 Å². The number of nitrogens with zero attached hydrogens (tertiary/aromatic N) is 3. The van der Waals surface area contributed by atoms with Crippen molar-refractivity contribution in [1.82, 2.24) is 19.9 Å². The highest BCUT2D eigenvalue weighted by Gasteiger charge is 2.12. The third-order valence-electron chi connectivity index (χ3n) is 5.11. The summed E-state index contributed by atoms with van der Waals surface area (Å²) in [6, 6.07) is 22.8. The number of fused-ring (bicyclic) bond motifs is 1. The van der Waals surface area contributed by atoms with Crippen molar-refractivity contribution in [2.24, 2.45) is 0 Å². The standard InChI is InChI=1S/C26H21N5O2S/c32-25(31-24-23(6-3-13-28-24)33-16-18-11-14-27-15-12-18)20-9-7-19(8-10-20)17-34-26-29-21-4-1-2-5-22(21)30-26/h1-15H,16-17H2,(H,29,30)(H,28,31,32). The Hall–Kier alpha value is -4.17. The zero-order valence-electron chi connectivity index (χ0n) is 18.1. The topological polar surface area (TPSA) is 92.8 Å². The van der Waals surface area contributed by atoms with Gasteiger partial charge in [0.25, 0.3) is 5.91 Å². The molecule has 0 radical (unpaired) electrons. The summed E-state index contributed by atoms with van der Waals surface area (Å²) in [5, 5.41) is 3.72. The van der Waals surface area contributed by atoms with Gasteiger partial charge >= 0.3 is 0 Å². The highest BCUT2D eigenvalue weighted by Crippen LogP contribution is 2.25. The Morgan fingerprint density at radius 3 is 2.56 bits per heavy atom. The van der Waals surface area contributed by atoms with Gasteiger partial charge in [0.15, 0.2) is 16.7 Å². The number of amides is 1. The Morgan fingerprint density at radius 1 is 0.912 bits per heavy atom. The monoisotopic (exact) mass is 467 g/mol. The maximum absolute atomic E-state index is 12.8. The minimum atomic E-state index is -0.246. The van der Waals surface area contributed by atoms with E-state index in [1.54, 1.807) is 42.5 Å². The number of anilines is 1. The summed E-state index contributed by atoms with van der Waals surface area (Å²) >= 11 is 1.62. The molecule has 2 aromatic carbocycles. The van der Waals surface area contributed by atoms with Crippen molar-refractivity contribution in [3.63, 3.8) is 0 Å². The van der Waals surface area contributed by atoms with Crippen LogP contribution in [0.5, 0.6) is 5.75 Å². The zero-order valence-corrected chi connectivity index (χ0v) is 19.0. The van der Waals surface area contributed by atoms with Crippen LogP contribution in [0.25, 0.3) is 11.0 Å². The molecule has 5 aromatic rings. The minimum Gasteiger partial charge on any atom is -0.485 e. The van der Waals surface area contributed by atoms with Gasteiger partial charge < -0.3 is 15.0 Å². The van der Waals surface area contributed by atoms with E-state index in [4.69, 9.17) is 4.74 Å². The smallest absolute Gasteiger partial charge is 0.256 e. The molecule has 3 heterocycles. The Balaban J connectivity index is 1.20. The molecular formula is C26H21N5O2S. The number of benzene rings is 2. The Morgan fingerprint density at radius 2 is 1.74 bits per heavy atom. The van der Waals surface area contributed by atoms with Crippen LogP contribution in [-0.4, -0.2) is 25.8 Å². The molecule has 0 spiro atoms. The fourth-order valence-corrected chi connectivity index (χ4v) is 4.16. The minimum absolute atomic E-state index is 0.246. The van der Waals surface area contributed by atoms with Gasteiger partial charge in [-0.25, -0.2) is 9.97 Å². The van der Waals surface area contributed by atoms with Crippen LogP contribution in [0.4, 0.5) is 5.82 Å². The molecular weight excluding hydrogens is 446 g/mol. The van der Waals surface area contributed by atoms with E-state index in [2.05, 4.69) is 25.3 Å². The van der Waals surface area contributed by atoms with Crippen LogP contribution in [0, 0.1) is 0 Å². The summed E-state index contributed by atoms with van der Waals surface area (Å²) in [7, 11) is 0. The molecule has 7 nitrogen and oxygen atoms in total. The fourth-order valence-electron chi connectivity index (χ4n) is 3.32. The van der Waals surface area contributed by atoms with Crippen molar-refractivity contribution < 1.29 is 9.53 Å². The number of hydrogen-bond donors (Lipinski definition) is 2. The molecule has 0 fully saturated rings. The highest BCUT2D eigenvalue weighted by molar-refractivity contribution is 7.98. The summed E-state index contributed by atoms with van der Waals surface area (Å²) in [5.41, 5.74) is 4.60. The molecule has 0 aliphatic rings. The van der Waals surface area contributed by atoms with E-state index in [-0.39, 0.29) is 5.91 Å². The molecule has 0 aliphatic heterocycles. The number of carbonyl (C=O) groups is 1. The predicted molar refractivity (Wildman–Crippen MR) is 133 cm³/mol. The van der Waals surface area contributed by atoms with Gasteiger partial charge in [-0.2, -0.15) is 0 Å². The van der Waals surface area contributed by atoms with E-state index < -0.39 is 0 Å². The van der Waals surface area contributed by atoms with Gasteiger partial charge in [-0.3, -0.25) is 9.78 Å². The number of ether oxygens (including phenoxy) is 1. The van der Waals surface area contributed by atoms with Crippen LogP contribution < -0.4 is 10.1 Å². The van der Waals surface area contributed by atoms with Gasteiger partial charge in [0, 0.05) is 29.9 Å². The number of imidazole rings is 1. The SMILES string of the molecule is O=C(Nc1ncccc1OCc1ccncc1)c1ccc(CSc2nc3ccccc3[nH]2)cc1. The predicted octanol–water partition coefficient (Wildman–Crippen LogP) is 5.48. The molecule has 1 amide bonds. The summed E-state index contributed by atoms with van der Waals surface area (Å²) in [6.07, 6.45) is 5.04. The first kappa shape index (κ1) is 21.7. The second-order valence-corrected chi connectivity index (χ2v) is 8.46. The summed E-state index contributed by atoms with van der Waals surface area (Å²) in [4.78, 5) is 29.0. The lowest BCUT2D eigenvalue weighted by molar-refractivity contribution is 0.102. The van der Waals surface area contributed by atoms with Crippen LogP contribution in [0.3, 0.4) is 0 Å². The molecule has 8 heteroatoms. The number of para-hydroxylation sites is 2. The van der Waals surface area contributed by atoms with Crippen molar-refractivity contribution in [1.29, 1.82) is 0 Å².